The van der Waals surface area contributed by atoms with Crippen LogP contribution in [0.15, 0.2) is 29.4 Å². The number of nitrogens with two attached hydrogens (primary N) is 1. The van der Waals surface area contributed by atoms with Crippen LogP contribution >= 0.6 is 11.6 Å². The number of aryl methyl sites for hydroxylation is 2. The Morgan fingerprint density at radius 2 is 2.14 bits per heavy atom. The van der Waals surface area contributed by atoms with Crippen molar-refractivity contribution in [2.45, 2.75) is 18.2 Å². The van der Waals surface area contributed by atoms with Gasteiger partial charge in [-0.05, 0) is 36.6 Å². The molecule has 114 valence electrons. The lowest BCUT2D eigenvalue weighted by Gasteiger charge is -2.10. The molecule has 0 aliphatic carbocycles. The Morgan fingerprint density at radius 1 is 1.43 bits per heavy atom. The van der Waals surface area contributed by atoms with E-state index in [1.165, 1.54) is 6.07 Å². The van der Waals surface area contributed by atoms with Crippen LogP contribution in [0.25, 0.3) is 0 Å². The smallest absolute Gasteiger partial charge is 0.242 e. The van der Waals surface area contributed by atoms with E-state index < -0.39 is 10.0 Å². The molecular formula is C13H17ClN4O2S. The molecule has 0 unspecified atom stereocenters. The van der Waals surface area contributed by atoms with Gasteiger partial charge >= 0.3 is 0 Å². The van der Waals surface area contributed by atoms with Crippen LogP contribution in [-0.4, -0.2) is 24.7 Å². The number of nitrogens with one attached hydrogen (secondary N) is 1. The third kappa shape index (κ3) is 3.75. The first kappa shape index (κ1) is 15.8. The van der Waals surface area contributed by atoms with E-state index in [2.05, 4.69) is 9.82 Å². The van der Waals surface area contributed by atoms with Crippen molar-refractivity contribution in [3.63, 3.8) is 0 Å². The topological polar surface area (TPSA) is 90.0 Å². The number of hydrogen-bond donors (Lipinski definition) is 2. The molecule has 0 radical (unpaired) electrons. The molecule has 21 heavy (non-hydrogen) atoms. The van der Waals surface area contributed by atoms with E-state index in [1.807, 2.05) is 13.2 Å². The summed E-state index contributed by atoms with van der Waals surface area (Å²) in [6, 6.07) is 2.93. The number of nitrogen functional groups attached to an aromatic ring is 1. The zero-order chi connectivity index (χ0) is 15.6. The molecule has 1 heterocycles. The highest BCUT2D eigenvalue weighted by Crippen LogP contribution is 2.26. The molecule has 1 aromatic heterocycles. The van der Waals surface area contributed by atoms with Gasteiger partial charge in [0, 0.05) is 25.5 Å². The van der Waals surface area contributed by atoms with Gasteiger partial charge in [0.05, 0.1) is 11.2 Å². The van der Waals surface area contributed by atoms with Gasteiger partial charge in [0.1, 0.15) is 4.90 Å². The summed E-state index contributed by atoms with van der Waals surface area (Å²) in [7, 11) is -1.87. The van der Waals surface area contributed by atoms with Crippen LogP contribution in [0.1, 0.15) is 11.1 Å². The summed E-state index contributed by atoms with van der Waals surface area (Å²) >= 11 is 6.00. The van der Waals surface area contributed by atoms with E-state index in [-0.39, 0.29) is 16.5 Å². The Labute approximate surface area is 129 Å². The number of rotatable bonds is 5. The largest absolute Gasteiger partial charge is 0.398 e. The minimum Gasteiger partial charge on any atom is -0.398 e. The number of benzene rings is 1. The Kier molecular flexibility index (Phi) is 4.55. The summed E-state index contributed by atoms with van der Waals surface area (Å²) < 4.78 is 28.7. The van der Waals surface area contributed by atoms with Crippen molar-refractivity contribution in [1.29, 1.82) is 0 Å². The average molecular weight is 329 g/mol. The predicted molar refractivity (Wildman–Crippen MR) is 82.7 cm³/mol. The molecule has 0 aliphatic rings. The molecule has 2 rings (SSSR count). The Bertz CT molecular complexity index is 756. The van der Waals surface area contributed by atoms with E-state index in [9.17, 15) is 8.42 Å². The average Bonchev–Trinajstić information content (AvgIpc) is 2.79. The van der Waals surface area contributed by atoms with Crippen LogP contribution in [0.2, 0.25) is 5.02 Å². The third-order valence-corrected chi connectivity index (χ3v) is 5.00. The molecule has 0 aliphatic heterocycles. The van der Waals surface area contributed by atoms with E-state index in [4.69, 9.17) is 17.3 Å². The van der Waals surface area contributed by atoms with E-state index >= 15 is 0 Å². The summed E-state index contributed by atoms with van der Waals surface area (Å²) in [4.78, 5) is -0.00143. The number of hydrogen-bond acceptors (Lipinski definition) is 4. The van der Waals surface area contributed by atoms with Crippen molar-refractivity contribution in [1.82, 2.24) is 14.5 Å². The third-order valence-electron chi connectivity index (χ3n) is 3.07. The lowest BCUT2D eigenvalue weighted by atomic mass is 10.2. The minimum absolute atomic E-state index is 0.00143. The van der Waals surface area contributed by atoms with Gasteiger partial charge in [0.25, 0.3) is 0 Å². The number of halogens is 1. The summed E-state index contributed by atoms with van der Waals surface area (Å²) in [6.45, 7) is 2.03. The van der Waals surface area contributed by atoms with Crippen molar-refractivity contribution in [3.05, 3.63) is 40.7 Å². The summed E-state index contributed by atoms with van der Waals surface area (Å²) in [5, 5.41) is 4.19. The molecule has 3 N–H and O–H groups in total. The molecule has 0 fully saturated rings. The van der Waals surface area contributed by atoms with Gasteiger partial charge in [-0.3, -0.25) is 4.68 Å². The minimum atomic E-state index is -3.68. The maximum Gasteiger partial charge on any atom is 0.242 e. The fourth-order valence-corrected chi connectivity index (χ4v) is 3.53. The molecule has 8 heteroatoms. The molecule has 6 nitrogen and oxygen atoms in total. The first-order chi connectivity index (χ1) is 9.79. The van der Waals surface area contributed by atoms with Gasteiger partial charge in [-0.2, -0.15) is 5.10 Å². The van der Waals surface area contributed by atoms with Crippen LogP contribution in [0, 0.1) is 6.92 Å². The predicted octanol–water partition coefficient (Wildman–Crippen LogP) is 1.49. The fourth-order valence-electron chi connectivity index (χ4n) is 1.88. The van der Waals surface area contributed by atoms with Crippen molar-refractivity contribution >= 4 is 27.3 Å². The second kappa shape index (κ2) is 6.05. The van der Waals surface area contributed by atoms with Crippen LogP contribution in [0.3, 0.4) is 0 Å². The van der Waals surface area contributed by atoms with Crippen LogP contribution in [0.5, 0.6) is 0 Å². The van der Waals surface area contributed by atoms with E-state index in [1.54, 1.807) is 23.9 Å². The molecule has 0 atom stereocenters. The molecule has 0 amide bonds. The molecule has 0 saturated heterocycles. The normalized spacial score (nSPS) is 11.8. The second-order valence-electron chi connectivity index (χ2n) is 4.81. The van der Waals surface area contributed by atoms with Crippen molar-refractivity contribution in [2.75, 3.05) is 12.3 Å². The molecule has 1 aromatic carbocycles. The standard InChI is InChI=1S/C13H17ClN4O2S/c1-9-5-11(14)13(6-12(9)15)21(19,20)17-4-3-10-7-16-18(2)8-10/h5-8,17H,3-4,15H2,1-2H3. The number of anilines is 1. The SMILES string of the molecule is Cc1cc(Cl)c(S(=O)(=O)NCCc2cnn(C)c2)cc1N. The van der Waals surface area contributed by atoms with Crippen LogP contribution in [0.4, 0.5) is 5.69 Å². The number of nitrogens with zero attached hydrogens (tertiary/aromatic N) is 2. The van der Waals surface area contributed by atoms with E-state index in [0.717, 1.165) is 11.1 Å². The van der Waals surface area contributed by atoms with Gasteiger partial charge in [-0.1, -0.05) is 11.6 Å². The van der Waals surface area contributed by atoms with Crippen molar-refractivity contribution in [2.24, 2.45) is 7.05 Å². The molecular weight excluding hydrogens is 312 g/mol. The van der Waals surface area contributed by atoms with Crippen molar-refractivity contribution in [3.8, 4) is 0 Å². The molecule has 0 bridgehead atoms. The summed E-state index contributed by atoms with van der Waals surface area (Å²) in [5.74, 6) is 0. The van der Waals surface area contributed by atoms with Gasteiger partial charge in [0.15, 0.2) is 0 Å². The zero-order valence-electron chi connectivity index (χ0n) is 11.8. The molecule has 0 spiro atoms. The second-order valence-corrected chi connectivity index (χ2v) is 6.95. The summed E-state index contributed by atoms with van der Waals surface area (Å²) in [5.41, 5.74) is 7.84. The summed E-state index contributed by atoms with van der Waals surface area (Å²) in [6.07, 6.45) is 4.09. The lowest BCUT2D eigenvalue weighted by molar-refractivity contribution is 0.581. The highest BCUT2D eigenvalue weighted by Gasteiger charge is 2.18. The van der Waals surface area contributed by atoms with Gasteiger partial charge in [-0.15, -0.1) is 0 Å². The fraction of sp³-hybridized carbons (Fsp3) is 0.308. The number of aromatic nitrogens is 2. The van der Waals surface area contributed by atoms with Gasteiger partial charge in [-0.25, -0.2) is 13.1 Å². The highest BCUT2D eigenvalue weighted by atomic mass is 35.5. The maximum absolute atomic E-state index is 12.2. The number of sulfonamides is 1. The van der Waals surface area contributed by atoms with Gasteiger partial charge < -0.3 is 5.73 Å². The molecule has 0 saturated carbocycles. The Hall–Kier alpha value is -1.57. The van der Waals surface area contributed by atoms with E-state index in [0.29, 0.717) is 12.1 Å². The maximum atomic E-state index is 12.2. The highest BCUT2D eigenvalue weighted by molar-refractivity contribution is 7.89. The first-order valence-corrected chi connectivity index (χ1v) is 8.18. The Balaban J connectivity index is 2.10. The zero-order valence-corrected chi connectivity index (χ0v) is 13.4. The molecule has 2 aromatic rings. The monoisotopic (exact) mass is 328 g/mol. The lowest BCUT2D eigenvalue weighted by Crippen LogP contribution is -2.26. The quantitative estimate of drug-likeness (QED) is 0.814. The van der Waals surface area contributed by atoms with Crippen LogP contribution < -0.4 is 10.5 Å². The van der Waals surface area contributed by atoms with Crippen molar-refractivity contribution < 1.29 is 8.42 Å². The van der Waals surface area contributed by atoms with Gasteiger partial charge in [0.2, 0.25) is 10.0 Å². The Morgan fingerprint density at radius 3 is 2.76 bits per heavy atom. The van der Waals surface area contributed by atoms with Crippen LogP contribution in [-0.2, 0) is 23.5 Å². The first-order valence-electron chi connectivity index (χ1n) is 6.32.